The average molecular weight is 577 g/mol. The fourth-order valence-corrected chi connectivity index (χ4v) is 5.37. The monoisotopic (exact) mass is 576 g/mol. The van der Waals surface area contributed by atoms with Gasteiger partial charge >= 0.3 is 6.18 Å². The smallest absolute Gasteiger partial charge is 0.393 e. The Hall–Kier alpha value is -5.13. The Labute approximate surface area is 236 Å². The van der Waals surface area contributed by atoms with Crippen LogP contribution in [-0.4, -0.2) is 44.5 Å². The molecule has 214 valence electrons. The topological polar surface area (TPSA) is 122 Å². The molecule has 0 spiro atoms. The lowest BCUT2D eigenvalue weighted by Crippen LogP contribution is -2.52. The van der Waals surface area contributed by atoms with Crippen molar-refractivity contribution in [2.45, 2.75) is 18.6 Å². The maximum atomic E-state index is 14.1. The lowest BCUT2D eigenvalue weighted by atomic mass is 9.80. The zero-order chi connectivity index (χ0) is 29.4. The first-order valence-corrected chi connectivity index (χ1v) is 13.0. The maximum absolute atomic E-state index is 14.1. The predicted octanol–water partition coefficient (Wildman–Crippen LogP) is 6.21. The van der Waals surface area contributed by atoms with Gasteiger partial charge in [-0.15, -0.1) is 0 Å². The van der Waals surface area contributed by atoms with Gasteiger partial charge in [0, 0.05) is 53.8 Å². The van der Waals surface area contributed by atoms with Gasteiger partial charge in [0.25, 0.3) is 11.9 Å². The van der Waals surface area contributed by atoms with E-state index in [9.17, 15) is 27.9 Å². The molecule has 1 saturated heterocycles. The molecule has 12 heteroatoms. The SMILES string of the molecule is O=C(Nc1ccc(O)o1)C1CC(C(F)(F)F)CN(C(=O)c2ccc(-c3cncc4ccccc34)cn2)C1c1ccco1. The summed E-state index contributed by atoms with van der Waals surface area (Å²) < 4.78 is 52.8. The summed E-state index contributed by atoms with van der Waals surface area (Å²) in [6.45, 7) is -0.699. The minimum absolute atomic E-state index is 0.0959. The number of amides is 2. The van der Waals surface area contributed by atoms with E-state index in [-0.39, 0.29) is 17.3 Å². The molecule has 42 heavy (non-hydrogen) atoms. The lowest BCUT2D eigenvalue weighted by Gasteiger charge is -2.43. The number of rotatable bonds is 5. The second-order valence-electron chi connectivity index (χ2n) is 9.97. The molecule has 3 atom stereocenters. The number of anilines is 1. The van der Waals surface area contributed by atoms with E-state index in [1.54, 1.807) is 18.5 Å². The first kappa shape index (κ1) is 27.1. The molecule has 2 N–H and O–H groups in total. The molecule has 5 heterocycles. The van der Waals surface area contributed by atoms with Crippen LogP contribution in [0.25, 0.3) is 21.9 Å². The van der Waals surface area contributed by atoms with Gasteiger partial charge in [-0.05, 0) is 30.0 Å². The number of hydrogen-bond donors (Lipinski definition) is 2. The van der Waals surface area contributed by atoms with Gasteiger partial charge in [-0.3, -0.25) is 24.9 Å². The van der Waals surface area contributed by atoms with Crippen molar-refractivity contribution in [3.63, 3.8) is 0 Å². The number of benzene rings is 1. The number of carbonyl (C=O) groups is 2. The summed E-state index contributed by atoms with van der Waals surface area (Å²) in [7, 11) is 0. The molecular weight excluding hydrogens is 553 g/mol. The number of furan rings is 2. The second-order valence-corrected chi connectivity index (χ2v) is 9.97. The Balaban J connectivity index is 1.35. The van der Waals surface area contributed by atoms with Gasteiger partial charge < -0.3 is 18.8 Å². The largest absolute Gasteiger partial charge is 0.481 e. The van der Waals surface area contributed by atoms with E-state index in [1.165, 1.54) is 42.8 Å². The minimum Gasteiger partial charge on any atom is -0.481 e. The fraction of sp³-hybridized carbons (Fsp3) is 0.200. The highest BCUT2D eigenvalue weighted by Crippen LogP contribution is 2.45. The second kappa shape index (κ2) is 10.7. The zero-order valence-electron chi connectivity index (χ0n) is 21.8. The summed E-state index contributed by atoms with van der Waals surface area (Å²) in [5.74, 6) is -5.46. The normalized spacial score (nSPS) is 19.1. The van der Waals surface area contributed by atoms with E-state index < -0.39 is 54.8 Å². The standard InChI is InChI=1S/C30H23F3N4O5/c31-30(32,33)19-12-21(28(39)36-25-9-10-26(38)42-25)27(24-6-3-11-41-24)37(16-19)29(40)23-8-7-18(14-35-23)22-15-34-13-17-4-1-2-5-20(17)22/h1-11,13-15,19,21,27,38H,12,16H2,(H,36,39). The Bertz CT molecular complexity index is 1730. The van der Waals surface area contributed by atoms with Gasteiger partial charge in [-0.1, -0.05) is 30.3 Å². The number of aromatic hydroxyl groups is 1. The number of hydrogen-bond acceptors (Lipinski definition) is 7. The summed E-state index contributed by atoms with van der Waals surface area (Å²) in [5, 5.41) is 13.7. The van der Waals surface area contributed by atoms with E-state index >= 15 is 0 Å². The van der Waals surface area contributed by atoms with Gasteiger partial charge in [0.2, 0.25) is 11.8 Å². The van der Waals surface area contributed by atoms with Gasteiger partial charge in [-0.25, -0.2) is 0 Å². The van der Waals surface area contributed by atoms with Crippen molar-refractivity contribution in [3.8, 4) is 17.1 Å². The van der Waals surface area contributed by atoms with E-state index in [0.717, 1.165) is 21.2 Å². The van der Waals surface area contributed by atoms with Crippen LogP contribution in [0, 0.1) is 11.8 Å². The first-order valence-electron chi connectivity index (χ1n) is 13.0. The molecule has 6 rings (SSSR count). The molecule has 1 aromatic carbocycles. The molecule has 0 aliphatic carbocycles. The van der Waals surface area contributed by atoms with Crippen LogP contribution >= 0.6 is 0 Å². The van der Waals surface area contributed by atoms with Crippen molar-refractivity contribution in [2.24, 2.45) is 11.8 Å². The van der Waals surface area contributed by atoms with Crippen LogP contribution in [0.2, 0.25) is 0 Å². The Morgan fingerprint density at radius 1 is 1.00 bits per heavy atom. The van der Waals surface area contributed by atoms with Gasteiger partial charge in [0.15, 0.2) is 0 Å². The summed E-state index contributed by atoms with van der Waals surface area (Å²) in [6.07, 6.45) is 0.905. The van der Waals surface area contributed by atoms with Crippen LogP contribution in [-0.2, 0) is 4.79 Å². The van der Waals surface area contributed by atoms with Crippen LogP contribution in [0.15, 0.2) is 94.4 Å². The molecule has 0 radical (unpaired) electrons. The number of aromatic nitrogens is 2. The lowest BCUT2D eigenvalue weighted by molar-refractivity contribution is -0.194. The van der Waals surface area contributed by atoms with E-state index in [4.69, 9.17) is 8.83 Å². The highest BCUT2D eigenvalue weighted by atomic mass is 19.4. The van der Waals surface area contributed by atoms with Crippen molar-refractivity contribution in [3.05, 3.63) is 97.0 Å². The summed E-state index contributed by atoms with van der Waals surface area (Å²) in [6, 6.07) is 15.0. The molecule has 9 nitrogen and oxygen atoms in total. The average Bonchev–Trinajstić information content (AvgIpc) is 3.67. The molecule has 2 amide bonds. The summed E-state index contributed by atoms with van der Waals surface area (Å²) in [4.78, 5) is 36.7. The van der Waals surface area contributed by atoms with Crippen molar-refractivity contribution in [2.75, 3.05) is 11.9 Å². The number of piperidine rings is 1. The highest BCUT2D eigenvalue weighted by molar-refractivity contribution is 5.97. The van der Waals surface area contributed by atoms with Crippen LogP contribution in [0.5, 0.6) is 5.95 Å². The Kier molecular flexibility index (Phi) is 6.89. The van der Waals surface area contributed by atoms with E-state index in [2.05, 4.69) is 15.3 Å². The molecular formula is C30H23F3N4O5. The molecule has 1 aliphatic rings. The third-order valence-corrected chi connectivity index (χ3v) is 7.37. The van der Waals surface area contributed by atoms with Crippen LogP contribution in [0.3, 0.4) is 0 Å². The molecule has 5 aromatic rings. The number of fused-ring (bicyclic) bond motifs is 1. The van der Waals surface area contributed by atoms with Gasteiger partial charge in [0.05, 0.1) is 18.1 Å². The third kappa shape index (κ3) is 5.18. The van der Waals surface area contributed by atoms with Crippen LogP contribution < -0.4 is 5.32 Å². The molecule has 1 fully saturated rings. The maximum Gasteiger partial charge on any atom is 0.393 e. The number of halogens is 3. The van der Waals surface area contributed by atoms with Crippen LogP contribution in [0.4, 0.5) is 19.1 Å². The van der Waals surface area contributed by atoms with E-state index in [0.29, 0.717) is 5.56 Å². The Morgan fingerprint density at radius 2 is 1.83 bits per heavy atom. The van der Waals surface area contributed by atoms with Gasteiger partial charge in [0.1, 0.15) is 17.5 Å². The highest BCUT2D eigenvalue weighted by Gasteiger charge is 2.52. The molecule has 4 aromatic heterocycles. The van der Waals surface area contributed by atoms with Crippen molar-refractivity contribution in [1.82, 2.24) is 14.9 Å². The Morgan fingerprint density at radius 3 is 2.52 bits per heavy atom. The quantitative estimate of drug-likeness (QED) is 0.255. The van der Waals surface area contributed by atoms with E-state index in [1.807, 2.05) is 24.3 Å². The van der Waals surface area contributed by atoms with Crippen molar-refractivity contribution < 1.29 is 36.7 Å². The molecule has 0 saturated carbocycles. The number of likely N-dealkylation sites (tertiary alicyclic amines) is 1. The number of nitrogens with one attached hydrogen (secondary N) is 1. The van der Waals surface area contributed by atoms with Gasteiger partial charge in [-0.2, -0.15) is 13.2 Å². The van der Waals surface area contributed by atoms with Crippen molar-refractivity contribution in [1.29, 1.82) is 0 Å². The number of pyridine rings is 2. The first-order chi connectivity index (χ1) is 20.2. The zero-order valence-corrected chi connectivity index (χ0v) is 21.8. The number of carbonyl (C=O) groups excluding carboxylic acids is 2. The molecule has 1 aliphatic heterocycles. The minimum atomic E-state index is -4.69. The molecule has 3 unspecified atom stereocenters. The number of nitrogens with zero attached hydrogens (tertiary/aromatic N) is 3. The molecule has 0 bridgehead atoms. The van der Waals surface area contributed by atoms with Crippen LogP contribution in [0.1, 0.15) is 28.7 Å². The third-order valence-electron chi connectivity index (χ3n) is 7.37. The fourth-order valence-electron chi connectivity index (χ4n) is 5.37. The number of alkyl halides is 3. The predicted molar refractivity (Wildman–Crippen MR) is 144 cm³/mol. The van der Waals surface area contributed by atoms with Crippen molar-refractivity contribution >= 4 is 28.5 Å². The summed E-state index contributed by atoms with van der Waals surface area (Å²) in [5.41, 5.74) is 1.36. The summed E-state index contributed by atoms with van der Waals surface area (Å²) >= 11 is 0.